The van der Waals surface area contributed by atoms with E-state index in [1.807, 2.05) is 24.9 Å². The molecule has 0 saturated carbocycles. The molecular weight excluding hydrogens is 286 g/mol. The smallest absolute Gasteiger partial charge is 0.142 e. The van der Waals surface area contributed by atoms with Gasteiger partial charge in [-0.2, -0.15) is 0 Å². The molecule has 102 valence electrons. The number of thiophene rings is 1. The molecule has 0 fully saturated rings. The number of aromatic nitrogens is 2. The third-order valence-electron chi connectivity index (χ3n) is 2.95. The fraction of sp³-hybridized carbons (Fsp3) is 0.200. The summed E-state index contributed by atoms with van der Waals surface area (Å²) in [6, 6.07) is 12.5. The SMILES string of the molecule is CNc1nc(CSCc2ccccc2)nc2sccc12. The second-order valence-electron chi connectivity index (χ2n) is 4.36. The van der Waals surface area contributed by atoms with Gasteiger partial charge in [-0.1, -0.05) is 30.3 Å². The van der Waals surface area contributed by atoms with Crippen molar-refractivity contribution in [3.63, 3.8) is 0 Å². The zero-order valence-corrected chi connectivity index (χ0v) is 12.8. The minimum atomic E-state index is 0.831. The van der Waals surface area contributed by atoms with E-state index in [-0.39, 0.29) is 0 Å². The van der Waals surface area contributed by atoms with Crippen molar-refractivity contribution in [2.45, 2.75) is 11.5 Å². The first-order valence-corrected chi connectivity index (χ1v) is 8.44. The van der Waals surface area contributed by atoms with Crippen LogP contribution >= 0.6 is 23.1 Å². The molecule has 3 aromatic rings. The molecule has 0 aliphatic rings. The Morgan fingerprint density at radius 2 is 1.95 bits per heavy atom. The van der Waals surface area contributed by atoms with Crippen molar-refractivity contribution >= 4 is 39.1 Å². The van der Waals surface area contributed by atoms with Crippen molar-refractivity contribution in [3.8, 4) is 0 Å². The Bertz CT molecular complexity index is 695. The summed E-state index contributed by atoms with van der Waals surface area (Å²) in [6.45, 7) is 0. The molecule has 2 aromatic heterocycles. The molecule has 3 nitrogen and oxygen atoms in total. The maximum absolute atomic E-state index is 4.62. The van der Waals surface area contributed by atoms with E-state index in [9.17, 15) is 0 Å². The van der Waals surface area contributed by atoms with Crippen LogP contribution in [0.1, 0.15) is 11.4 Å². The van der Waals surface area contributed by atoms with Gasteiger partial charge in [0.2, 0.25) is 0 Å². The van der Waals surface area contributed by atoms with Gasteiger partial charge >= 0.3 is 0 Å². The highest BCUT2D eigenvalue weighted by molar-refractivity contribution is 7.97. The Labute approximate surface area is 126 Å². The quantitative estimate of drug-likeness (QED) is 0.767. The fourth-order valence-corrected chi connectivity index (χ4v) is 3.61. The Hall–Kier alpha value is -1.59. The summed E-state index contributed by atoms with van der Waals surface area (Å²) < 4.78 is 0. The molecule has 0 atom stereocenters. The normalized spacial score (nSPS) is 10.8. The number of benzene rings is 1. The van der Waals surface area contributed by atoms with Gasteiger partial charge in [0.1, 0.15) is 16.5 Å². The summed E-state index contributed by atoms with van der Waals surface area (Å²) >= 11 is 3.50. The van der Waals surface area contributed by atoms with Gasteiger partial charge in [-0.3, -0.25) is 0 Å². The first kappa shape index (κ1) is 13.4. The number of thioether (sulfide) groups is 1. The monoisotopic (exact) mass is 301 g/mol. The van der Waals surface area contributed by atoms with Crippen LogP contribution in [-0.4, -0.2) is 17.0 Å². The van der Waals surface area contributed by atoms with Gasteiger partial charge in [0.15, 0.2) is 0 Å². The number of anilines is 1. The highest BCUT2D eigenvalue weighted by Crippen LogP contribution is 2.26. The van der Waals surface area contributed by atoms with E-state index in [4.69, 9.17) is 0 Å². The third-order valence-corrected chi connectivity index (χ3v) is 4.76. The molecule has 1 aromatic carbocycles. The van der Waals surface area contributed by atoms with Gasteiger partial charge in [0, 0.05) is 12.8 Å². The molecule has 0 aliphatic carbocycles. The van der Waals surface area contributed by atoms with E-state index in [1.54, 1.807) is 11.3 Å². The summed E-state index contributed by atoms with van der Waals surface area (Å²) in [5, 5.41) is 6.31. The van der Waals surface area contributed by atoms with Crippen molar-refractivity contribution in [3.05, 3.63) is 53.2 Å². The average molecular weight is 301 g/mol. The topological polar surface area (TPSA) is 37.8 Å². The first-order valence-electron chi connectivity index (χ1n) is 6.40. The number of rotatable bonds is 5. The molecule has 2 heterocycles. The lowest BCUT2D eigenvalue weighted by Crippen LogP contribution is -1.99. The third kappa shape index (κ3) is 2.94. The van der Waals surface area contributed by atoms with E-state index in [0.29, 0.717) is 0 Å². The Morgan fingerprint density at radius 3 is 2.75 bits per heavy atom. The number of hydrogen-bond acceptors (Lipinski definition) is 5. The molecule has 1 N–H and O–H groups in total. The van der Waals surface area contributed by atoms with Crippen LogP contribution in [0.15, 0.2) is 41.8 Å². The summed E-state index contributed by atoms with van der Waals surface area (Å²) in [6.07, 6.45) is 0. The van der Waals surface area contributed by atoms with E-state index < -0.39 is 0 Å². The van der Waals surface area contributed by atoms with Gasteiger partial charge < -0.3 is 5.32 Å². The maximum atomic E-state index is 4.62. The lowest BCUT2D eigenvalue weighted by Gasteiger charge is -2.05. The van der Waals surface area contributed by atoms with Crippen LogP contribution in [0.3, 0.4) is 0 Å². The number of nitrogens with one attached hydrogen (secondary N) is 1. The zero-order valence-electron chi connectivity index (χ0n) is 11.2. The van der Waals surface area contributed by atoms with E-state index in [0.717, 1.165) is 33.4 Å². The number of fused-ring (bicyclic) bond motifs is 1. The van der Waals surface area contributed by atoms with Crippen LogP contribution in [0.5, 0.6) is 0 Å². The van der Waals surface area contributed by atoms with Crippen LogP contribution in [0, 0.1) is 0 Å². The van der Waals surface area contributed by atoms with E-state index in [2.05, 4.69) is 51.0 Å². The van der Waals surface area contributed by atoms with Crippen molar-refractivity contribution < 1.29 is 0 Å². The first-order chi connectivity index (χ1) is 9.86. The summed E-state index contributed by atoms with van der Waals surface area (Å²) in [5.41, 5.74) is 1.34. The second-order valence-corrected chi connectivity index (χ2v) is 6.24. The molecule has 20 heavy (non-hydrogen) atoms. The molecule has 0 amide bonds. The van der Waals surface area contributed by atoms with Crippen LogP contribution < -0.4 is 5.32 Å². The Morgan fingerprint density at radius 1 is 1.10 bits per heavy atom. The van der Waals surface area contributed by atoms with E-state index >= 15 is 0 Å². The van der Waals surface area contributed by atoms with E-state index in [1.165, 1.54) is 5.56 Å². The predicted molar refractivity (Wildman–Crippen MR) is 88.4 cm³/mol. The van der Waals surface area contributed by atoms with Crippen molar-refractivity contribution in [2.75, 3.05) is 12.4 Å². The molecule has 0 unspecified atom stereocenters. The molecule has 0 radical (unpaired) electrons. The van der Waals surface area contributed by atoms with Crippen molar-refractivity contribution in [2.24, 2.45) is 0 Å². The summed E-state index contributed by atoms with van der Waals surface area (Å²) in [7, 11) is 1.90. The average Bonchev–Trinajstić information content (AvgIpc) is 2.96. The molecule has 0 saturated heterocycles. The number of nitrogens with zero attached hydrogens (tertiary/aromatic N) is 2. The van der Waals surface area contributed by atoms with Crippen LogP contribution in [0.25, 0.3) is 10.2 Å². The molecular formula is C15H15N3S2. The lowest BCUT2D eigenvalue weighted by molar-refractivity contribution is 1.07. The van der Waals surface area contributed by atoms with Gasteiger partial charge in [-0.25, -0.2) is 9.97 Å². The lowest BCUT2D eigenvalue weighted by atomic mass is 10.2. The highest BCUT2D eigenvalue weighted by Gasteiger charge is 2.07. The van der Waals surface area contributed by atoms with Crippen molar-refractivity contribution in [1.82, 2.24) is 9.97 Å². The van der Waals surface area contributed by atoms with Crippen LogP contribution in [0.2, 0.25) is 0 Å². The summed E-state index contributed by atoms with van der Waals surface area (Å²) in [5.74, 6) is 3.63. The molecule has 0 bridgehead atoms. The maximum Gasteiger partial charge on any atom is 0.142 e. The second kappa shape index (κ2) is 6.24. The van der Waals surface area contributed by atoms with Crippen molar-refractivity contribution in [1.29, 1.82) is 0 Å². The number of hydrogen-bond donors (Lipinski definition) is 1. The van der Waals surface area contributed by atoms with Gasteiger partial charge in [-0.05, 0) is 17.0 Å². The fourth-order valence-electron chi connectivity index (χ4n) is 1.99. The minimum Gasteiger partial charge on any atom is -0.372 e. The van der Waals surface area contributed by atoms with Crippen LogP contribution in [0.4, 0.5) is 5.82 Å². The Balaban J connectivity index is 1.71. The predicted octanol–water partition coefficient (Wildman–Crippen LogP) is 4.17. The largest absolute Gasteiger partial charge is 0.372 e. The standard InChI is InChI=1S/C15H15N3S2/c1-16-14-12-7-8-20-15(12)18-13(17-14)10-19-9-11-5-3-2-4-6-11/h2-8H,9-10H2,1H3,(H,16,17,18). The highest BCUT2D eigenvalue weighted by atomic mass is 32.2. The minimum absolute atomic E-state index is 0.831. The van der Waals surface area contributed by atoms with Gasteiger partial charge in [0.25, 0.3) is 0 Å². The van der Waals surface area contributed by atoms with Gasteiger partial charge in [0.05, 0.1) is 11.1 Å². The molecule has 0 spiro atoms. The van der Waals surface area contributed by atoms with Gasteiger partial charge in [-0.15, -0.1) is 23.1 Å². The zero-order chi connectivity index (χ0) is 13.8. The van der Waals surface area contributed by atoms with Crippen LogP contribution in [-0.2, 0) is 11.5 Å². The molecule has 5 heteroatoms. The summed E-state index contributed by atoms with van der Waals surface area (Å²) in [4.78, 5) is 10.3. The molecule has 0 aliphatic heterocycles. The molecule has 3 rings (SSSR count). The Kier molecular flexibility index (Phi) is 4.18.